The predicted molar refractivity (Wildman–Crippen MR) is 164 cm³/mol. The SMILES string of the molecule is CC1CCc2c(sc(NC(=O)C(Sc3cccc(NC(=O)/C=C/c4ccccc4)c3)c3ccccc3)c2C#N)C1. The van der Waals surface area contributed by atoms with Crippen LogP contribution in [0.15, 0.2) is 95.9 Å². The standard InChI is InChI=1S/C33H29N3O2S2/c1-22-15-17-27-28(21-34)33(40-29(27)19-22)36-32(38)31(24-11-6-3-7-12-24)39-26-14-8-13-25(20-26)35-30(37)18-16-23-9-4-2-5-10-23/h2-14,16,18,20,22,31H,15,17,19H2,1H3,(H,35,37)(H,36,38)/b18-16+. The average Bonchev–Trinajstić information content (AvgIpc) is 3.31. The molecular formula is C33H29N3O2S2. The first kappa shape index (κ1) is 27.4. The molecule has 2 amide bonds. The molecule has 2 unspecified atom stereocenters. The predicted octanol–water partition coefficient (Wildman–Crippen LogP) is 7.87. The number of fused-ring (bicyclic) bond motifs is 1. The van der Waals surface area contributed by atoms with Crippen LogP contribution in [0.1, 0.15) is 45.7 Å². The van der Waals surface area contributed by atoms with Crippen LogP contribution in [0.4, 0.5) is 10.7 Å². The van der Waals surface area contributed by atoms with Gasteiger partial charge in [-0.05, 0) is 66.1 Å². The molecule has 1 aromatic heterocycles. The Bertz CT molecular complexity index is 1570. The number of carbonyl (C=O) groups is 2. The highest BCUT2D eigenvalue weighted by Crippen LogP contribution is 2.41. The summed E-state index contributed by atoms with van der Waals surface area (Å²) in [4.78, 5) is 28.3. The summed E-state index contributed by atoms with van der Waals surface area (Å²) in [7, 11) is 0. The fourth-order valence-corrected chi connectivity index (χ4v) is 7.19. The summed E-state index contributed by atoms with van der Waals surface area (Å²) in [5.41, 5.74) is 4.14. The lowest BCUT2D eigenvalue weighted by molar-refractivity contribution is -0.116. The van der Waals surface area contributed by atoms with Crippen molar-refractivity contribution in [3.63, 3.8) is 0 Å². The van der Waals surface area contributed by atoms with E-state index in [0.29, 0.717) is 22.2 Å². The Morgan fingerprint density at radius 3 is 2.52 bits per heavy atom. The highest BCUT2D eigenvalue weighted by Gasteiger charge is 2.28. The summed E-state index contributed by atoms with van der Waals surface area (Å²) in [6.45, 7) is 2.23. The topological polar surface area (TPSA) is 82.0 Å². The van der Waals surface area contributed by atoms with Gasteiger partial charge in [0.1, 0.15) is 16.3 Å². The van der Waals surface area contributed by atoms with Gasteiger partial charge in [0.15, 0.2) is 0 Å². The lowest BCUT2D eigenvalue weighted by atomic mass is 9.88. The van der Waals surface area contributed by atoms with E-state index in [-0.39, 0.29) is 11.8 Å². The fourth-order valence-electron chi connectivity index (χ4n) is 4.74. The van der Waals surface area contributed by atoms with Gasteiger partial charge in [0.05, 0.1) is 5.56 Å². The van der Waals surface area contributed by atoms with Gasteiger partial charge in [-0.3, -0.25) is 9.59 Å². The van der Waals surface area contributed by atoms with E-state index < -0.39 is 5.25 Å². The number of benzene rings is 3. The normalized spacial score (nSPS) is 15.2. The van der Waals surface area contributed by atoms with Gasteiger partial charge in [0.2, 0.25) is 11.8 Å². The summed E-state index contributed by atoms with van der Waals surface area (Å²) < 4.78 is 0. The van der Waals surface area contributed by atoms with Gasteiger partial charge in [0.25, 0.3) is 0 Å². The molecule has 0 aliphatic heterocycles. The zero-order valence-electron chi connectivity index (χ0n) is 22.1. The Morgan fingerprint density at radius 1 is 1.02 bits per heavy atom. The molecule has 0 saturated heterocycles. The number of thioether (sulfide) groups is 1. The van der Waals surface area contributed by atoms with E-state index in [4.69, 9.17) is 0 Å². The molecule has 4 aromatic rings. The van der Waals surface area contributed by atoms with E-state index in [1.165, 1.54) is 34.1 Å². The Morgan fingerprint density at radius 2 is 1.77 bits per heavy atom. The molecule has 1 heterocycles. The van der Waals surface area contributed by atoms with Crippen LogP contribution < -0.4 is 10.6 Å². The first-order valence-corrected chi connectivity index (χ1v) is 14.9. The first-order chi connectivity index (χ1) is 19.5. The molecule has 0 saturated carbocycles. The fraction of sp³-hybridized carbons (Fsp3) is 0.182. The maximum absolute atomic E-state index is 13.7. The van der Waals surface area contributed by atoms with E-state index >= 15 is 0 Å². The molecule has 2 N–H and O–H groups in total. The molecule has 7 heteroatoms. The second-order valence-corrected chi connectivity index (χ2v) is 12.1. The Labute approximate surface area is 243 Å². The Kier molecular flexibility index (Phi) is 8.80. The summed E-state index contributed by atoms with van der Waals surface area (Å²) in [6, 6.07) is 29.1. The number of rotatable bonds is 8. The summed E-state index contributed by atoms with van der Waals surface area (Å²) in [5, 5.41) is 16.0. The number of nitrogens with zero attached hydrogens (tertiary/aromatic N) is 1. The number of carbonyl (C=O) groups excluding carboxylic acids is 2. The summed E-state index contributed by atoms with van der Waals surface area (Å²) >= 11 is 2.94. The molecule has 5 nitrogen and oxygen atoms in total. The zero-order chi connectivity index (χ0) is 27.9. The van der Waals surface area contributed by atoms with Gasteiger partial charge >= 0.3 is 0 Å². The highest BCUT2D eigenvalue weighted by molar-refractivity contribution is 8.00. The van der Waals surface area contributed by atoms with E-state index in [9.17, 15) is 14.9 Å². The molecule has 0 bridgehead atoms. The quantitative estimate of drug-likeness (QED) is 0.169. The molecule has 1 aliphatic rings. The van der Waals surface area contributed by atoms with Crippen molar-refractivity contribution in [3.05, 3.63) is 118 Å². The lowest BCUT2D eigenvalue weighted by Crippen LogP contribution is -2.19. The van der Waals surface area contributed by atoms with Crippen molar-refractivity contribution in [3.8, 4) is 6.07 Å². The Balaban J connectivity index is 1.34. The third kappa shape index (κ3) is 6.71. The van der Waals surface area contributed by atoms with Gasteiger partial charge in [-0.1, -0.05) is 73.7 Å². The van der Waals surface area contributed by atoms with Crippen LogP contribution in [0.2, 0.25) is 0 Å². The van der Waals surface area contributed by atoms with Crippen LogP contribution in [0.3, 0.4) is 0 Å². The molecule has 3 aromatic carbocycles. The monoisotopic (exact) mass is 563 g/mol. The van der Waals surface area contributed by atoms with Crippen molar-refractivity contribution >= 4 is 51.7 Å². The largest absolute Gasteiger partial charge is 0.322 e. The van der Waals surface area contributed by atoms with Gasteiger partial charge < -0.3 is 10.6 Å². The number of amides is 2. The maximum Gasteiger partial charge on any atom is 0.248 e. The molecule has 0 radical (unpaired) electrons. The second-order valence-electron chi connectivity index (χ2n) is 9.83. The van der Waals surface area contributed by atoms with Crippen LogP contribution in [0, 0.1) is 17.2 Å². The first-order valence-electron chi connectivity index (χ1n) is 13.2. The average molecular weight is 564 g/mol. The summed E-state index contributed by atoms with van der Waals surface area (Å²) in [6.07, 6.45) is 6.15. The molecule has 40 heavy (non-hydrogen) atoms. The third-order valence-electron chi connectivity index (χ3n) is 6.78. The minimum Gasteiger partial charge on any atom is -0.322 e. The maximum atomic E-state index is 13.7. The Hall–Kier alpha value is -4.12. The molecule has 2 atom stereocenters. The van der Waals surface area contributed by atoms with Crippen LogP contribution in [-0.2, 0) is 22.4 Å². The van der Waals surface area contributed by atoms with Crippen LogP contribution >= 0.6 is 23.1 Å². The number of nitrogens with one attached hydrogen (secondary N) is 2. The van der Waals surface area contributed by atoms with Crippen molar-refractivity contribution in [2.24, 2.45) is 5.92 Å². The molecular weight excluding hydrogens is 535 g/mol. The van der Waals surface area contributed by atoms with Crippen molar-refractivity contribution in [1.82, 2.24) is 0 Å². The van der Waals surface area contributed by atoms with Crippen LogP contribution in [0.25, 0.3) is 6.08 Å². The van der Waals surface area contributed by atoms with E-state index in [1.807, 2.05) is 84.9 Å². The zero-order valence-corrected chi connectivity index (χ0v) is 23.7. The second kappa shape index (κ2) is 12.8. The number of nitriles is 1. The number of hydrogen-bond acceptors (Lipinski definition) is 5. The van der Waals surface area contributed by atoms with Crippen molar-refractivity contribution in [2.75, 3.05) is 10.6 Å². The molecule has 1 aliphatic carbocycles. The van der Waals surface area contributed by atoms with E-state index in [2.05, 4.69) is 23.6 Å². The van der Waals surface area contributed by atoms with E-state index in [0.717, 1.165) is 40.8 Å². The van der Waals surface area contributed by atoms with Crippen molar-refractivity contribution in [1.29, 1.82) is 5.26 Å². The van der Waals surface area contributed by atoms with Crippen LogP contribution in [0.5, 0.6) is 0 Å². The van der Waals surface area contributed by atoms with Gasteiger partial charge in [0, 0.05) is 21.5 Å². The smallest absolute Gasteiger partial charge is 0.248 e. The molecule has 0 fully saturated rings. The molecule has 0 spiro atoms. The number of thiophene rings is 1. The van der Waals surface area contributed by atoms with Gasteiger partial charge in [-0.15, -0.1) is 23.1 Å². The number of hydrogen-bond donors (Lipinski definition) is 2. The van der Waals surface area contributed by atoms with Crippen molar-refractivity contribution in [2.45, 2.75) is 36.3 Å². The van der Waals surface area contributed by atoms with Gasteiger partial charge in [-0.2, -0.15) is 5.26 Å². The summed E-state index contributed by atoms with van der Waals surface area (Å²) in [5.74, 6) is 0.165. The van der Waals surface area contributed by atoms with Crippen molar-refractivity contribution < 1.29 is 9.59 Å². The van der Waals surface area contributed by atoms with Gasteiger partial charge in [-0.25, -0.2) is 0 Å². The lowest BCUT2D eigenvalue weighted by Gasteiger charge is -2.17. The minimum absolute atomic E-state index is 0.181. The van der Waals surface area contributed by atoms with E-state index in [1.54, 1.807) is 6.08 Å². The highest BCUT2D eigenvalue weighted by atomic mass is 32.2. The molecule has 5 rings (SSSR count). The minimum atomic E-state index is -0.547. The number of anilines is 2. The third-order valence-corrected chi connectivity index (χ3v) is 9.20. The molecule has 200 valence electrons. The van der Waals surface area contributed by atoms with Crippen LogP contribution in [-0.4, -0.2) is 11.8 Å².